The summed E-state index contributed by atoms with van der Waals surface area (Å²) in [7, 11) is 0. The van der Waals surface area contributed by atoms with Gasteiger partial charge in [-0.05, 0) is 24.4 Å². The Balaban J connectivity index is 2.20. The average Bonchev–Trinajstić information content (AvgIpc) is 2.16. The van der Waals surface area contributed by atoms with E-state index in [4.69, 9.17) is 23.2 Å². The normalized spacial score (nSPS) is 21.8. The number of hydrogen-bond donors (Lipinski definition) is 1. The lowest BCUT2D eigenvalue weighted by Crippen LogP contribution is -2.38. The van der Waals surface area contributed by atoms with Gasteiger partial charge in [0.15, 0.2) is 0 Å². The molecule has 1 fully saturated rings. The molecule has 0 saturated carbocycles. The molecule has 1 atom stereocenters. The van der Waals surface area contributed by atoms with Crippen LogP contribution in [0.1, 0.15) is 12.8 Å². The van der Waals surface area contributed by atoms with Gasteiger partial charge < -0.3 is 10.0 Å². The first-order valence-corrected chi connectivity index (χ1v) is 5.54. The Morgan fingerprint density at radius 3 is 2.87 bits per heavy atom. The number of halogens is 2. The van der Waals surface area contributed by atoms with Crippen LogP contribution >= 0.6 is 23.2 Å². The van der Waals surface area contributed by atoms with Crippen molar-refractivity contribution >= 4 is 29.0 Å². The van der Waals surface area contributed by atoms with E-state index in [1.807, 2.05) is 4.90 Å². The molecule has 1 unspecified atom stereocenters. The van der Waals surface area contributed by atoms with E-state index in [-0.39, 0.29) is 11.4 Å². The minimum Gasteiger partial charge on any atom is -0.391 e. The lowest BCUT2D eigenvalue weighted by molar-refractivity contribution is 0.154. The average molecular weight is 248 g/mol. The molecule has 0 aliphatic carbocycles. The van der Waals surface area contributed by atoms with E-state index in [0.29, 0.717) is 17.5 Å². The summed E-state index contributed by atoms with van der Waals surface area (Å²) in [5.41, 5.74) is 0. The van der Waals surface area contributed by atoms with Crippen molar-refractivity contribution in [2.24, 2.45) is 0 Å². The smallest absolute Gasteiger partial charge is 0.225 e. The summed E-state index contributed by atoms with van der Waals surface area (Å²) in [6, 6.07) is 1.66. The zero-order chi connectivity index (χ0) is 10.8. The maximum Gasteiger partial charge on any atom is 0.225 e. The third-order valence-electron chi connectivity index (χ3n) is 2.37. The molecule has 1 N–H and O–H groups in total. The van der Waals surface area contributed by atoms with Crippen molar-refractivity contribution < 1.29 is 5.11 Å². The molecule has 2 rings (SSSR count). The number of rotatable bonds is 1. The van der Waals surface area contributed by atoms with Crippen LogP contribution in [0.2, 0.25) is 10.4 Å². The summed E-state index contributed by atoms with van der Waals surface area (Å²) in [5.74, 6) is 0.679. The molecule has 2 heterocycles. The fourth-order valence-electron chi connectivity index (χ4n) is 1.70. The number of aliphatic hydroxyl groups is 1. The van der Waals surface area contributed by atoms with Gasteiger partial charge in [0.05, 0.1) is 6.10 Å². The van der Waals surface area contributed by atoms with Crippen LogP contribution < -0.4 is 4.90 Å². The SMILES string of the molecule is OC1CCCN(c2cc(Cl)nc(Cl)n2)C1. The molecule has 82 valence electrons. The zero-order valence-corrected chi connectivity index (χ0v) is 9.54. The summed E-state index contributed by atoms with van der Waals surface area (Å²) in [6.45, 7) is 1.43. The van der Waals surface area contributed by atoms with Crippen LogP contribution in [0.4, 0.5) is 5.82 Å². The Morgan fingerprint density at radius 2 is 2.20 bits per heavy atom. The lowest BCUT2D eigenvalue weighted by atomic mass is 10.1. The molecule has 4 nitrogen and oxygen atoms in total. The quantitative estimate of drug-likeness (QED) is 0.607. The second-order valence-corrected chi connectivity index (χ2v) is 4.29. The largest absolute Gasteiger partial charge is 0.391 e. The van der Waals surface area contributed by atoms with Gasteiger partial charge in [-0.25, -0.2) is 9.97 Å². The highest BCUT2D eigenvalue weighted by atomic mass is 35.5. The van der Waals surface area contributed by atoms with Gasteiger partial charge in [0.2, 0.25) is 5.28 Å². The Labute approximate surface area is 97.9 Å². The molecule has 0 spiro atoms. The summed E-state index contributed by atoms with van der Waals surface area (Å²) in [6.07, 6.45) is 1.48. The summed E-state index contributed by atoms with van der Waals surface area (Å²) in [5, 5.41) is 9.99. The number of aromatic nitrogens is 2. The standard InChI is InChI=1S/C9H11Cl2N3O/c10-7-4-8(13-9(11)12-7)14-3-1-2-6(15)5-14/h4,6,15H,1-3,5H2. The molecule has 0 bridgehead atoms. The number of piperidine rings is 1. The van der Waals surface area contributed by atoms with Gasteiger partial charge in [-0.2, -0.15) is 0 Å². The first kappa shape index (κ1) is 10.9. The van der Waals surface area contributed by atoms with Gasteiger partial charge >= 0.3 is 0 Å². The topological polar surface area (TPSA) is 49.2 Å². The van der Waals surface area contributed by atoms with Gasteiger partial charge in [0.25, 0.3) is 0 Å². The van der Waals surface area contributed by atoms with Gasteiger partial charge in [-0.3, -0.25) is 0 Å². The molecule has 1 aromatic rings. The Kier molecular flexibility index (Phi) is 3.29. The molecule has 1 aliphatic heterocycles. The third kappa shape index (κ3) is 2.71. The van der Waals surface area contributed by atoms with Crippen LogP contribution in [0.25, 0.3) is 0 Å². The molecule has 1 aromatic heterocycles. The fourth-order valence-corrected chi connectivity index (χ4v) is 2.10. The van der Waals surface area contributed by atoms with E-state index in [1.165, 1.54) is 0 Å². The predicted molar refractivity (Wildman–Crippen MR) is 59.5 cm³/mol. The van der Waals surface area contributed by atoms with Crippen LogP contribution in [0.15, 0.2) is 6.07 Å². The van der Waals surface area contributed by atoms with Gasteiger partial charge in [-0.15, -0.1) is 0 Å². The number of β-amino-alcohol motifs (C(OH)–C–C–N with tert-alkyl or cyclic N) is 1. The van der Waals surface area contributed by atoms with E-state index in [1.54, 1.807) is 6.07 Å². The van der Waals surface area contributed by atoms with Crippen molar-refractivity contribution in [3.05, 3.63) is 16.5 Å². The molecular formula is C9H11Cl2N3O. The second-order valence-electron chi connectivity index (χ2n) is 3.56. The monoisotopic (exact) mass is 247 g/mol. The number of anilines is 1. The maximum atomic E-state index is 9.53. The summed E-state index contributed by atoms with van der Waals surface area (Å²) < 4.78 is 0. The minimum atomic E-state index is -0.300. The first-order chi connectivity index (χ1) is 7.15. The zero-order valence-electron chi connectivity index (χ0n) is 8.03. The molecule has 1 saturated heterocycles. The molecule has 0 amide bonds. The third-order valence-corrected chi connectivity index (χ3v) is 2.74. The minimum absolute atomic E-state index is 0.137. The second kappa shape index (κ2) is 4.51. The van der Waals surface area contributed by atoms with Crippen molar-refractivity contribution in [2.75, 3.05) is 18.0 Å². The number of aliphatic hydroxyl groups excluding tert-OH is 1. The first-order valence-electron chi connectivity index (χ1n) is 4.78. The van der Waals surface area contributed by atoms with E-state index in [0.717, 1.165) is 19.4 Å². The molecule has 0 radical (unpaired) electrons. The molecule has 0 aromatic carbocycles. The fraction of sp³-hybridized carbons (Fsp3) is 0.556. The van der Waals surface area contributed by atoms with Crippen LogP contribution in [0, 0.1) is 0 Å². The Morgan fingerprint density at radius 1 is 1.40 bits per heavy atom. The van der Waals surface area contributed by atoms with Crippen molar-refractivity contribution in [1.29, 1.82) is 0 Å². The highest BCUT2D eigenvalue weighted by Gasteiger charge is 2.19. The highest BCUT2D eigenvalue weighted by molar-refractivity contribution is 6.32. The maximum absolute atomic E-state index is 9.53. The molecule has 15 heavy (non-hydrogen) atoms. The highest BCUT2D eigenvalue weighted by Crippen LogP contribution is 2.21. The van der Waals surface area contributed by atoms with Crippen LogP contribution in [-0.2, 0) is 0 Å². The van der Waals surface area contributed by atoms with E-state index in [2.05, 4.69) is 9.97 Å². The van der Waals surface area contributed by atoms with Crippen molar-refractivity contribution in [1.82, 2.24) is 9.97 Å². The van der Waals surface area contributed by atoms with Crippen LogP contribution in [-0.4, -0.2) is 34.3 Å². The predicted octanol–water partition coefficient (Wildman–Crippen LogP) is 1.74. The van der Waals surface area contributed by atoms with Gasteiger partial charge in [0.1, 0.15) is 11.0 Å². The van der Waals surface area contributed by atoms with Gasteiger partial charge in [0, 0.05) is 19.2 Å². The molecule has 6 heteroatoms. The lowest BCUT2D eigenvalue weighted by Gasteiger charge is -2.30. The Hall–Kier alpha value is -0.580. The van der Waals surface area contributed by atoms with Crippen molar-refractivity contribution in [3.8, 4) is 0 Å². The van der Waals surface area contributed by atoms with E-state index >= 15 is 0 Å². The van der Waals surface area contributed by atoms with E-state index < -0.39 is 0 Å². The van der Waals surface area contributed by atoms with Gasteiger partial charge in [-0.1, -0.05) is 11.6 Å². The number of hydrogen-bond acceptors (Lipinski definition) is 4. The summed E-state index contributed by atoms with van der Waals surface area (Å²) >= 11 is 11.5. The Bertz CT molecular complexity index is 341. The number of nitrogens with zero attached hydrogens (tertiary/aromatic N) is 3. The van der Waals surface area contributed by atoms with E-state index in [9.17, 15) is 5.11 Å². The molecular weight excluding hydrogens is 237 g/mol. The van der Waals surface area contributed by atoms with Crippen molar-refractivity contribution in [3.63, 3.8) is 0 Å². The van der Waals surface area contributed by atoms with Crippen LogP contribution in [0.3, 0.4) is 0 Å². The van der Waals surface area contributed by atoms with Crippen LogP contribution in [0.5, 0.6) is 0 Å². The summed E-state index contributed by atoms with van der Waals surface area (Å²) in [4.78, 5) is 9.82. The van der Waals surface area contributed by atoms with Crippen molar-refractivity contribution in [2.45, 2.75) is 18.9 Å². The molecule has 1 aliphatic rings.